The predicted molar refractivity (Wildman–Crippen MR) is 82.9 cm³/mol. The van der Waals surface area contributed by atoms with Crippen LogP contribution in [0.5, 0.6) is 5.75 Å². The standard InChI is InChI=1S/C15H20N2O5S/c1-21-14-4-3-12(5-13(14)15(18)22-2)23(19,20)17-8-10-6-16-7-11(10)9-17/h3-5,10-11,16H,6-9H2,1-2H3/t10-,11+. The molecule has 0 spiro atoms. The lowest BCUT2D eigenvalue weighted by Gasteiger charge is -2.18. The molecule has 126 valence electrons. The number of esters is 1. The second-order valence-corrected chi connectivity index (χ2v) is 7.79. The Labute approximate surface area is 135 Å². The van der Waals surface area contributed by atoms with Crippen LogP contribution in [0, 0.1) is 11.8 Å². The maximum Gasteiger partial charge on any atom is 0.341 e. The summed E-state index contributed by atoms with van der Waals surface area (Å²) in [6.07, 6.45) is 0. The number of nitrogens with zero attached hydrogens (tertiary/aromatic N) is 1. The summed E-state index contributed by atoms with van der Waals surface area (Å²) in [5.74, 6) is 0.394. The number of rotatable bonds is 4. The van der Waals surface area contributed by atoms with Gasteiger partial charge in [0.2, 0.25) is 10.0 Å². The van der Waals surface area contributed by atoms with Crippen molar-refractivity contribution < 1.29 is 22.7 Å². The van der Waals surface area contributed by atoms with Gasteiger partial charge in [0.15, 0.2) is 0 Å². The van der Waals surface area contributed by atoms with Crippen LogP contribution in [0.2, 0.25) is 0 Å². The number of sulfonamides is 1. The molecule has 2 fully saturated rings. The molecule has 1 aromatic rings. The molecular weight excluding hydrogens is 320 g/mol. The van der Waals surface area contributed by atoms with E-state index in [-0.39, 0.29) is 10.5 Å². The van der Waals surface area contributed by atoms with E-state index in [4.69, 9.17) is 9.47 Å². The lowest BCUT2D eigenvalue weighted by Crippen LogP contribution is -2.32. The predicted octanol–water partition coefficient (Wildman–Crippen LogP) is 0.322. The molecule has 0 radical (unpaired) electrons. The van der Waals surface area contributed by atoms with Crippen molar-refractivity contribution in [2.45, 2.75) is 4.90 Å². The highest BCUT2D eigenvalue weighted by Gasteiger charge is 2.41. The van der Waals surface area contributed by atoms with Gasteiger partial charge in [0, 0.05) is 13.1 Å². The van der Waals surface area contributed by atoms with Crippen LogP contribution in [0.1, 0.15) is 10.4 Å². The van der Waals surface area contributed by atoms with Gasteiger partial charge < -0.3 is 14.8 Å². The van der Waals surface area contributed by atoms with Crippen LogP contribution in [0.25, 0.3) is 0 Å². The molecule has 1 N–H and O–H groups in total. The van der Waals surface area contributed by atoms with Gasteiger partial charge in [0.25, 0.3) is 0 Å². The van der Waals surface area contributed by atoms with Crippen molar-refractivity contribution in [3.05, 3.63) is 23.8 Å². The molecule has 0 unspecified atom stereocenters. The Morgan fingerprint density at radius 2 is 1.87 bits per heavy atom. The van der Waals surface area contributed by atoms with E-state index in [1.165, 1.54) is 36.7 Å². The van der Waals surface area contributed by atoms with Crippen LogP contribution in [0.4, 0.5) is 0 Å². The summed E-state index contributed by atoms with van der Waals surface area (Å²) in [5, 5.41) is 3.28. The number of hydrogen-bond acceptors (Lipinski definition) is 6. The largest absolute Gasteiger partial charge is 0.496 e. The summed E-state index contributed by atoms with van der Waals surface area (Å²) < 4.78 is 37.0. The van der Waals surface area contributed by atoms with Gasteiger partial charge in [0.05, 0.1) is 19.1 Å². The van der Waals surface area contributed by atoms with Gasteiger partial charge in [-0.15, -0.1) is 0 Å². The highest BCUT2D eigenvalue weighted by Crippen LogP contribution is 2.32. The van der Waals surface area contributed by atoms with Crippen LogP contribution in [-0.4, -0.2) is 59.1 Å². The summed E-state index contributed by atoms with van der Waals surface area (Å²) >= 11 is 0. The van der Waals surface area contributed by atoms with E-state index in [1.54, 1.807) is 0 Å². The van der Waals surface area contributed by atoms with Crippen LogP contribution in [-0.2, 0) is 14.8 Å². The maximum atomic E-state index is 12.8. The molecule has 3 rings (SSSR count). The molecule has 2 aliphatic rings. The molecule has 2 heterocycles. The fourth-order valence-electron chi connectivity index (χ4n) is 3.27. The summed E-state index contributed by atoms with van der Waals surface area (Å²) in [4.78, 5) is 11.9. The highest BCUT2D eigenvalue weighted by atomic mass is 32.2. The maximum absolute atomic E-state index is 12.8. The number of benzene rings is 1. The highest BCUT2D eigenvalue weighted by molar-refractivity contribution is 7.89. The third-order valence-corrected chi connectivity index (χ3v) is 6.40. The normalized spacial score (nSPS) is 24.4. The third kappa shape index (κ3) is 2.82. The Morgan fingerprint density at radius 1 is 1.22 bits per heavy atom. The van der Waals surface area contributed by atoms with Gasteiger partial charge in [-0.3, -0.25) is 0 Å². The number of carbonyl (C=O) groups excluding carboxylic acids is 1. The zero-order valence-corrected chi connectivity index (χ0v) is 13.9. The Bertz CT molecular complexity index is 707. The second-order valence-electron chi connectivity index (χ2n) is 5.85. The third-order valence-electron chi connectivity index (χ3n) is 4.57. The molecule has 2 aliphatic heterocycles. The van der Waals surface area contributed by atoms with Gasteiger partial charge in [-0.25, -0.2) is 13.2 Å². The van der Waals surface area contributed by atoms with Crippen LogP contribution in [0.15, 0.2) is 23.1 Å². The number of fused-ring (bicyclic) bond motifs is 1. The van der Waals surface area contributed by atoms with Gasteiger partial charge >= 0.3 is 5.97 Å². The first kappa shape index (κ1) is 16.2. The van der Waals surface area contributed by atoms with Crippen molar-refractivity contribution in [2.24, 2.45) is 11.8 Å². The second kappa shape index (κ2) is 6.10. The van der Waals surface area contributed by atoms with Crippen molar-refractivity contribution in [3.63, 3.8) is 0 Å². The molecule has 0 amide bonds. The van der Waals surface area contributed by atoms with E-state index in [1.807, 2.05) is 0 Å². The van der Waals surface area contributed by atoms with Gasteiger partial charge in [-0.1, -0.05) is 0 Å². The van der Waals surface area contributed by atoms with E-state index in [9.17, 15) is 13.2 Å². The molecule has 2 saturated heterocycles. The molecule has 0 aromatic heterocycles. The molecule has 0 aliphatic carbocycles. The minimum absolute atomic E-state index is 0.0895. The first-order valence-electron chi connectivity index (χ1n) is 7.44. The number of nitrogens with one attached hydrogen (secondary N) is 1. The monoisotopic (exact) mass is 340 g/mol. The molecule has 8 heteroatoms. The average Bonchev–Trinajstić information content (AvgIpc) is 3.15. The summed E-state index contributed by atoms with van der Waals surface area (Å²) in [5.41, 5.74) is 0.108. The summed E-state index contributed by atoms with van der Waals surface area (Å²) in [6.45, 7) is 2.73. The number of methoxy groups -OCH3 is 2. The van der Waals surface area contributed by atoms with Crippen LogP contribution in [0.3, 0.4) is 0 Å². The lowest BCUT2D eigenvalue weighted by atomic mass is 10.0. The van der Waals surface area contributed by atoms with Gasteiger partial charge in [-0.05, 0) is 43.1 Å². The van der Waals surface area contributed by atoms with Crippen molar-refractivity contribution in [1.82, 2.24) is 9.62 Å². The minimum atomic E-state index is -3.63. The van der Waals surface area contributed by atoms with Crippen molar-refractivity contribution in [1.29, 1.82) is 0 Å². The zero-order valence-electron chi connectivity index (χ0n) is 13.1. The molecule has 7 nitrogen and oxygen atoms in total. The molecule has 23 heavy (non-hydrogen) atoms. The molecular formula is C15H20N2O5S. The van der Waals surface area contributed by atoms with Gasteiger partial charge in [-0.2, -0.15) is 4.31 Å². The van der Waals surface area contributed by atoms with Crippen LogP contribution >= 0.6 is 0 Å². The smallest absolute Gasteiger partial charge is 0.341 e. The molecule has 2 atom stereocenters. The minimum Gasteiger partial charge on any atom is -0.496 e. The van der Waals surface area contributed by atoms with E-state index < -0.39 is 16.0 Å². The number of carbonyl (C=O) groups is 1. The SMILES string of the molecule is COC(=O)c1cc(S(=O)(=O)N2C[C@H]3CNC[C@H]3C2)ccc1OC. The van der Waals surface area contributed by atoms with E-state index >= 15 is 0 Å². The first-order chi connectivity index (χ1) is 11.0. The fourth-order valence-corrected chi connectivity index (χ4v) is 4.86. The topological polar surface area (TPSA) is 84.9 Å². The summed E-state index contributed by atoms with van der Waals surface area (Å²) in [7, 11) is -0.959. The van der Waals surface area contributed by atoms with Crippen molar-refractivity contribution in [3.8, 4) is 5.75 Å². The Hall–Kier alpha value is -1.64. The van der Waals surface area contributed by atoms with E-state index in [2.05, 4.69) is 5.32 Å². The Kier molecular flexibility index (Phi) is 4.31. The Balaban J connectivity index is 1.92. The van der Waals surface area contributed by atoms with Crippen molar-refractivity contribution >= 4 is 16.0 Å². The first-order valence-corrected chi connectivity index (χ1v) is 8.88. The van der Waals surface area contributed by atoms with E-state index in [0.717, 1.165) is 13.1 Å². The van der Waals surface area contributed by atoms with E-state index in [0.29, 0.717) is 30.7 Å². The number of hydrogen-bond donors (Lipinski definition) is 1. The molecule has 0 saturated carbocycles. The lowest BCUT2D eigenvalue weighted by molar-refractivity contribution is 0.0597. The fraction of sp³-hybridized carbons (Fsp3) is 0.533. The van der Waals surface area contributed by atoms with Crippen LogP contribution < -0.4 is 10.1 Å². The van der Waals surface area contributed by atoms with Crippen molar-refractivity contribution in [2.75, 3.05) is 40.4 Å². The molecule has 0 bridgehead atoms. The summed E-state index contributed by atoms with van der Waals surface area (Å²) in [6, 6.07) is 4.27. The quantitative estimate of drug-likeness (QED) is 0.795. The van der Waals surface area contributed by atoms with Gasteiger partial charge in [0.1, 0.15) is 11.3 Å². The molecule has 1 aromatic carbocycles. The average molecular weight is 340 g/mol. The number of ether oxygens (including phenoxy) is 2. The zero-order chi connectivity index (χ0) is 16.6. The Morgan fingerprint density at radius 3 is 2.43 bits per heavy atom.